The van der Waals surface area contributed by atoms with Gasteiger partial charge in [0.2, 0.25) is 5.91 Å². The summed E-state index contributed by atoms with van der Waals surface area (Å²) in [6.45, 7) is 4.40. The minimum atomic E-state index is -0.330. The molecule has 2 amide bonds. The van der Waals surface area contributed by atoms with Crippen molar-refractivity contribution in [1.29, 1.82) is 0 Å². The Labute approximate surface area is 223 Å². The molecule has 0 saturated heterocycles. The van der Waals surface area contributed by atoms with Gasteiger partial charge >= 0.3 is 0 Å². The maximum absolute atomic E-state index is 12.8. The van der Waals surface area contributed by atoms with Crippen LogP contribution < -0.4 is 15.4 Å². The second-order valence-corrected chi connectivity index (χ2v) is 10.8. The number of fused-ring (bicyclic) bond motifs is 2. The van der Waals surface area contributed by atoms with E-state index in [2.05, 4.69) is 15.6 Å². The molecule has 0 radical (unpaired) electrons. The molecule has 186 valence electrons. The van der Waals surface area contributed by atoms with Crippen molar-refractivity contribution in [3.05, 3.63) is 90.5 Å². The lowest BCUT2D eigenvalue weighted by molar-refractivity contribution is -0.115. The third-order valence-corrected chi connectivity index (χ3v) is 7.75. The Kier molecular flexibility index (Phi) is 7.39. The summed E-state index contributed by atoms with van der Waals surface area (Å²) in [5, 5.41) is 8.21. The first-order chi connectivity index (χ1) is 18.0. The number of carbonyl (C=O) groups excluding carboxylic acids is 2. The summed E-state index contributed by atoms with van der Waals surface area (Å²) in [7, 11) is 0. The Morgan fingerprint density at radius 1 is 0.946 bits per heavy atom. The van der Waals surface area contributed by atoms with Gasteiger partial charge in [-0.2, -0.15) is 0 Å². The molecule has 0 spiro atoms. The zero-order chi connectivity index (χ0) is 25.8. The van der Waals surface area contributed by atoms with Gasteiger partial charge in [-0.1, -0.05) is 41.7 Å². The predicted octanol–water partition coefficient (Wildman–Crippen LogP) is 7.22. The fraction of sp³-hybridized carbons (Fsp3) is 0.138. The summed E-state index contributed by atoms with van der Waals surface area (Å²) in [6.07, 6.45) is 0. The summed E-state index contributed by atoms with van der Waals surface area (Å²) in [5.74, 6) is 0.503. The lowest BCUT2D eigenvalue weighted by atomic mass is 10.1. The fourth-order valence-corrected chi connectivity index (χ4v) is 5.59. The van der Waals surface area contributed by atoms with Crippen LogP contribution in [0, 0.1) is 0 Å². The van der Waals surface area contributed by atoms with E-state index in [0.29, 0.717) is 23.0 Å². The largest absolute Gasteiger partial charge is 0.494 e. The minimum Gasteiger partial charge on any atom is -0.494 e. The van der Waals surface area contributed by atoms with Crippen molar-refractivity contribution in [2.75, 3.05) is 17.2 Å². The number of rotatable bonds is 8. The number of hydrogen-bond acceptors (Lipinski definition) is 6. The van der Waals surface area contributed by atoms with Gasteiger partial charge in [0.15, 0.2) is 5.13 Å². The monoisotopic (exact) mass is 527 g/mol. The fourth-order valence-electron chi connectivity index (χ4n) is 3.83. The summed E-state index contributed by atoms with van der Waals surface area (Å²) in [6, 6.07) is 26.8. The second-order valence-electron chi connectivity index (χ2n) is 8.37. The van der Waals surface area contributed by atoms with E-state index >= 15 is 0 Å². The van der Waals surface area contributed by atoms with E-state index in [0.717, 1.165) is 31.6 Å². The van der Waals surface area contributed by atoms with Crippen LogP contribution in [0.3, 0.4) is 0 Å². The van der Waals surface area contributed by atoms with Gasteiger partial charge in [0.05, 0.1) is 22.1 Å². The number of thioether (sulfide) groups is 1. The van der Waals surface area contributed by atoms with Crippen LogP contribution >= 0.6 is 23.1 Å². The van der Waals surface area contributed by atoms with Crippen molar-refractivity contribution >= 4 is 66.7 Å². The number of anilines is 2. The highest BCUT2D eigenvalue weighted by Gasteiger charge is 2.17. The molecule has 5 rings (SSSR count). The van der Waals surface area contributed by atoms with E-state index in [9.17, 15) is 9.59 Å². The van der Waals surface area contributed by atoms with Gasteiger partial charge in [-0.3, -0.25) is 9.59 Å². The summed E-state index contributed by atoms with van der Waals surface area (Å²) < 4.78 is 6.50. The van der Waals surface area contributed by atoms with Gasteiger partial charge in [0, 0.05) is 16.1 Å². The molecule has 1 heterocycles. The van der Waals surface area contributed by atoms with Crippen molar-refractivity contribution < 1.29 is 14.3 Å². The molecule has 6 nitrogen and oxygen atoms in total. The number of hydrogen-bond donors (Lipinski definition) is 2. The van der Waals surface area contributed by atoms with Gasteiger partial charge in [0.1, 0.15) is 5.75 Å². The second kappa shape index (κ2) is 11.0. The van der Waals surface area contributed by atoms with Crippen LogP contribution in [0.25, 0.3) is 21.0 Å². The van der Waals surface area contributed by atoms with E-state index < -0.39 is 0 Å². The molecule has 1 unspecified atom stereocenters. The third-order valence-electron chi connectivity index (χ3n) is 5.71. The smallest absolute Gasteiger partial charge is 0.255 e. The average Bonchev–Trinajstić information content (AvgIpc) is 3.31. The molecule has 0 saturated carbocycles. The van der Waals surface area contributed by atoms with Gasteiger partial charge in [0.25, 0.3) is 5.91 Å². The standard InChI is InChI=1S/C29H25N3O3S2/c1-3-35-23-12-15-25-26(17-23)37-29(31-25)32-27(33)18(2)36-24-13-10-22(11-14-24)30-28(34)21-9-8-19-6-4-5-7-20(19)16-21/h4-18H,3H2,1-2H3,(H,30,34)(H,31,32,33). The lowest BCUT2D eigenvalue weighted by Gasteiger charge is -2.11. The third kappa shape index (κ3) is 5.93. The summed E-state index contributed by atoms with van der Waals surface area (Å²) >= 11 is 2.87. The molecule has 4 aromatic carbocycles. The maximum atomic E-state index is 12.8. The van der Waals surface area contributed by atoms with Gasteiger partial charge in [-0.05, 0) is 79.2 Å². The van der Waals surface area contributed by atoms with Crippen molar-refractivity contribution in [3.8, 4) is 5.75 Å². The Morgan fingerprint density at radius 3 is 2.51 bits per heavy atom. The van der Waals surface area contributed by atoms with Crippen molar-refractivity contribution in [2.45, 2.75) is 24.0 Å². The highest BCUT2D eigenvalue weighted by Crippen LogP contribution is 2.31. The van der Waals surface area contributed by atoms with Gasteiger partial charge < -0.3 is 15.4 Å². The van der Waals surface area contributed by atoms with Crippen molar-refractivity contribution in [1.82, 2.24) is 4.98 Å². The first-order valence-corrected chi connectivity index (χ1v) is 13.6. The first-order valence-electron chi connectivity index (χ1n) is 11.9. The highest BCUT2D eigenvalue weighted by atomic mass is 32.2. The van der Waals surface area contributed by atoms with Gasteiger partial charge in [-0.25, -0.2) is 4.98 Å². The SMILES string of the molecule is CCOc1ccc2nc(NC(=O)C(C)Sc3ccc(NC(=O)c4ccc5ccccc5c4)cc3)sc2c1. The first kappa shape index (κ1) is 24.8. The van der Waals surface area contributed by atoms with Crippen LogP contribution in [0.15, 0.2) is 89.8 Å². The number of amides is 2. The summed E-state index contributed by atoms with van der Waals surface area (Å²) in [5.41, 5.74) is 2.12. The number of carbonyl (C=O) groups is 2. The Balaban J connectivity index is 1.18. The van der Waals surface area contributed by atoms with Crippen LogP contribution in [0.5, 0.6) is 5.75 Å². The number of nitrogens with zero attached hydrogens (tertiary/aromatic N) is 1. The summed E-state index contributed by atoms with van der Waals surface area (Å²) in [4.78, 5) is 30.9. The molecule has 1 atom stereocenters. The molecular formula is C29H25N3O3S2. The minimum absolute atomic E-state index is 0.122. The van der Waals surface area contributed by atoms with Crippen LogP contribution in [-0.4, -0.2) is 28.7 Å². The topological polar surface area (TPSA) is 80.3 Å². The zero-order valence-corrected chi connectivity index (χ0v) is 22.0. The number of thiazole rings is 1. The quantitative estimate of drug-likeness (QED) is 0.208. The predicted molar refractivity (Wildman–Crippen MR) is 153 cm³/mol. The zero-order valence-electron chi connectivity index (χ0n) is 20.4. The normalized spacial score (nSPS) is 11.8. The maximum Gasteiger partial charge on any atom is 0.255 e. The molecule has 0 fully saturated rings. The number of benzene rings is 4. The number of nitrogens with one attached hydrogen (secondary N) is 2. The molecule has 0 aliphatic heterocycles. The van der Waals surface area contributed by atoms with Crippen LogP contribution in [-0.2, 0) is 4.79 Å². The lowest BCUT2D eigenvalue weighted by Crippen LogP contribution is -2.22. The Bertz CT molecular complexity index is 1580. The highest BCUT2D eigenvalue weighted by molar-refractivity contribution is 8.00. The van der Waals surface area contributed by atoms with E-state index in [1.165, 1.54) is 23.1 Å². The number of ether oxygens (including phenoxy) is 1. The molecule has 8 heteroatoms. The van der Waals surface area contributed by atoms with Gasteiger partial charge in [-0.15, -0.1) is 11.8 Å². The Morgan fingerprint density at radius 2 is 1.73 bits per heavy atom. The Hall–Kier alpha value is -3.88. The van der Waals surface area contributed by atoms with Crippen LogP contribution in [0.2, 0.25) is 0 Å². The van der Waals surface area contributed by atoms with Crippen LogP contribution in [0.1, 0.15) is 24.2 Å². The van der Waals surface area contributed by atoms with Crippen LogP contribution in [0.4, 0.5) is 10.8 Å². The molecule has 1 aromatic heterocycles. The number of aromatic nitrogens is 1. The van der Waals surface area contributed by atoms with E-state index in [1.54, 1.807) is 0 Å². The molecular weight excluding hydrogens is 502 g/mol. The molecule has 37 heavy (non-hydrogen) atoms. The van der Waals surface area contributed by atoms with Crippen molar-refractivity contribution in [3.63, 3.8) is 0 Å². The van der Waals surface area contributed by atoms with Crippen molar-refractivity contribution in [2.24, 2.45) is 0 Å². The molecule has 5 aromatic rings. The molecule has 0 aliphatic rings. The van der Waals surface area contributed by atoms with E-state index in [1.807, 2.05) is 98.8 Å². The average molecular weight is 528 g/mol. The molecule has 2 N–H and O–H groups in total. The molecule has 0 bridgehead atoms. The molecule has 0 aliphatic carbocycles. The van der Waals surface area contributed by atoms with E-state index in [-0.39, 0.29) is 17.1 Å². The van der Waals surface area contributed by atoms with E-state index in [4.69, 9.17) is 4.74 Å².